The van der Waals surface area contributed by atoms with Crippen LogP contribution in [-0.2, 0) is 17.6 Å². The highest BCUT2D eigenvalue weighted by molar-refractivity contribution is 5.76. The average molecular weight is 327 g/mol. The molecule has 0 radical (unpaired) electrons. The van der Waals surface area contributed by atoms with Crippen molar-refractivity contribution < 1.29 is 9.90 Å². The Morgan fingerprint density at radius 3 is 2.83 bits per heavy atom. The summed E-state index contributed by atoms with van der Waals surface area (Å²) in [5, 5.41) is 16.0. The lowest BCUT2D eigenvalue weighted by Crippen LogP contribution is -2.25. The summed E-state index contributed by atoms with van der Waals surface area (Å²) in [5.74, 6) is 0.161. The number of phenols is 1. The molecule has 0 bridgehead atoms. The fourth-order valence-corrected chi connectivity index (χ4v) is 2.41. The number of aryl methyl sites for hydroxylation is 1. The number of hydrogen-bond acceptors (Lipinski definition) is 5. The summed E-state index contributed by atoms with van der Waals surface area (Å²) in [4.78, 5) is 29.9. The SMILES string of the molecule is O=C(CCc1cnn2c(=O)nc[nH]c12)NCCc1ccc(O)cc1. The predicted molar refractivity (Wildman–Crippen MR) is 86.7 cm³/mol. The molecule has 8 heteroatoms. The van der Waals surface area contributed by atoms with Crippen LogP contribution in [0.3, 0.4) is 0 Å². The van der Waals surface area contributed by atoms with Gasteiger partial charge in [-0.3, -0.25) is 4.79 Å². The standard InChI is InChI=1S/C16H17N5O3/c22-13-4-1-11(2-5-13)7-8-17-14(23)6-3-12-9-20-21-15(12)18-10-19-16(21)24/h1-2,4-5,9-10,22H,3,6-8H2,(H,17,23)(H,18,19,24). The summed E-state index contributed by atoms with van der Waals surface area (Å²) >= 11 is 0. The van der Waals surface area contributed by atoms with E-state index in [1.165, 1.54) is 10.8 Å². The van der Waals surface area contributed by atoms with E-state index in [2.05, 4.69) is 20.4 Å². The van der Waals surface area contributed by atoms with Crippen molar-refractivity contribution >= 4 is 11.6 Å². The molecule has 0 aliphatic heterocycles. The number of rotatable bonds is 6. The van der Waals surface area contributed by atoms with E-state index in [4.69, 9.17) is 0 Å². The fourth-order valence-electron chi connectivity index (χ4n) is 2.41. The Bertz CT molecular complexity index is 898. The van der Waals surface area contributed by atoms with Crippen LogP contribution >= 0.6 is 0 Å². The average Bonchev–Trinajstić information content (AvgIpc) is 2.99. The van der Waals surface area contributed by atoms with E-state index >= 15 is 0 Å². The summed E-state index contributed by atoms with van der Waals surface area (Å²) in [7, 11) is 0. The van der Waals surface area contributed by atoms with E-state index < -0.39 is 5.69 Å². The Labute approximate surface area is 137 Å². The highest BCUT2D eigenvalue weighted by Crippen LogP contribution is 2.10. The Hall–Kier alpha value is -3.16. The Morgan fingerprint density at radius 1 is 1.25 bits per heavy atom. The quantitative estimate of drug-likeness (QED) is 0.607. The maximum atomic E-state index is 11.9. The molecule has 124 valence electrons. The van der Waals surface area contributed by atoms with E-state index in [0.717, 1.165) is 11.1 Å². The molecule has 3 N–H and O–H groups in total. The van der Waals surface area contributed by atoms with Gasteiger partial charge >= 0.3 is 5.69 Å². The Kier molecular flexibility index (Phi) is 4.55. The molecule has 0 spiro atoms. The van der Waals surface area contributed by atoms with Gasteiger partial charge in [-0.15, -0.1) is 0 Å². The second kappa shape index (κ2) is 6.95. The molecule has 0 aliphatic carbocycles. The van der Waals surface area contributed by atoms with E-state index in [-0.39, 0.29) is 11.7 Å². The van der Waals surface area contributed by atoms with Crippen molar-refractivity contribution in [3.63, 3.8) is 0 Å². The molecule has 8 nitrogen and oxygen atoms in total. The van der Waals surface area contributed by atoms with Crippen LogP contribution in [0.25, 0.3) is 5.65 Å². The van der Waals surface area contributed by atoms with Crippen LogP contribution < -0.4 is 11.0 Å². The van der Waals surface area contributed by atoms with E-state index in [9.17, 15) is 14.7 Å². The van der Waals surface area contributed by atoms with Crippen molar-refractivity contribution in [3.8, 4) is 5.75 Å². The number of aromatic amines is 1. The highest BCUT2D eigenvalue weighted by Gasteiger charge is 2.09. The van der Waals surface area contributed by atoms with Gasteiger partial charge in [-0.25, -0.2) is 4.79 Å². The maximum absolute atomic E-state index is 11.9. The van der Waals surface area contributed by atoms with E-state index in [1.807, 2.05) is 12.1 Å². The third-order valence-corrected chi connectivity index (χ3v) is 3.70. The van der Waals surface area contributed by atoms with Gasteiger partial charge in [0.2, 0.25) is 5.91 Å². The van der Waals surface area contributed by atoms with Crippen molar-refractivity contribution in [2.24, 2.45) is 0 Å². The number of aromatic nitrogens is 4. The van der Waals surface area contributed by atoms with Crippen LogP contribution in [0.1, 0.15) is 17.5 Å². The van der Waals surface area contributed by atoms with E-state index in [0.29, 0.717) is 31.5 Å². The fraction of sp³-hybridized carbons (Fsp3) is 0.250. The molecule has 2 heterocycles. The number of aromatic hydroxyl groups is 1. The van der Waals surface area contributed by atoms with Crippen molar-refractivity contribution in [2.75, 3.05) is 6.54 Å². The number of amides is 1. The molecule has 0 saturated heterocycles. The largest absolute Gasteiger partial charge is 0.508 e. The molecule has 3 rings (SSSR count). The number of nitrogens with zero attached hydrogens (tertiary/aromatic N) is 3. The number of fused-ring (bicyclic) bond motifs is 1. The number of phenolic OH excluding ortho intramolecular Hbond substituents is 1. The molecular weight excluding hydrogens is 310 g/mol. The predicted octanol–water partition coefficient (Wildman–Crippen LogP) is 0.415. The summed E-state index contributed by atoms with van der Waals surface area (Å²) in [6.07, 6.45) is 4.37. The number of carbonyl (C=O) groups excluding carboxylic acids is 1. The van der Waals surface area contributed by atoms with Gasteiger partial charge < -0.3 is 15.4 Å². The van der Waals surface area contributed by atoms with Crippen LogP contribution in [0.4, 0.5) is 0 Å². The monoisotopic (exact) mass is 327 g/mol. The van der Waals surface area contributed by atoms with Crippen molar-refractivity contribution in [3.05, 3.63) is 58.4 Å². The second-order valence-electron chi connectivity index (χ2n) is 5.38. The first-order chi connectivity index (χ1) is 11.6. The molecule has 0 saturated carbocycles. The molecule has 0 fully saturated rings. The highest BCUT2D eigenvalue weighted by atomic mass is 16.3. The number of benzene rings is 1. The summed E-state index contributed by atoms with van der Waals surface area (Å²) in [6.45, 7) is 0.527. The third-order valence-electron chi connectivity index (χ3n) is 3.70. The Morgan fingerprint density at radius 2 is 2.04 bits per heavy atom. The van der Waals surface area contributed by atoms with Crippen LogP contribution in [0.15, 0.2) is 41.6 Å². The second-order valence-corrected chi connectivity index (χ2v) is 5.38. The molecular formula is C16H17N5O3. The third kappa shape index (κ3) is 3.60. The summed E-state index contributed by atoms with van der Waals surface area (Å²) < 4.78 is 1.18. The molecule has 0 unspecified atom stereocenters. The maximum Gasteiger partial charge on any atom is 0.371 e. The number of nitrogens with one attached hydrogen (secondary N) is 2. The van der Waals surface area contributed by atoms with Crippen molar-refractivity contribution in [1.82, 2.24) is 24.9 Å². The lowest BCUT2D eigenvalue weighted by atomic mass is 10.1. The number of carbonyl (C=O) groups is 1. The lowest BCUT2D eigenvalue weighted by Gasteiger charge is -2.05. The van der Waals surface area contributed by atoms with Crippen LogP contribution in [0.2, 0.25) is 0 Å². The molecule has 24 heavy (non-hydrogen) atoms. The van der Waals surface area contributed by atoms with Gasteiger partial charge in [-0.1, -0.05) is 12.1 Å². The van der Waals surface area contributed by atoms with Crippen molar-refractivity contribution in [1.29, 1.82) is 0 Å². The van der Waals surface area contributed by atoms with Gasteiger partial charge in [0.15, 0.2) is 0 Å². The minimum Gasteiger partial charge on any atom is -0.508 e. The van der Waals surface area contributed by atoms with Gasteiger partial charge in [-0.05, 0) is 30.5 Å². The molecule has 0 atom stereocenters. The van der Waals surface area contributed by atoms with Crippen LogP contribution in [0, 0.1) is 0 Å². The van der Waals surface area contributed by atoms with Gasteiger partial charge in [0.25, 0.3) is 0 Å². The minimum absolute atomic E-state index is 0.0652. The zero-order valence-electron chi connectivity index (χ0n) is 12.9. The van der Waals surface area contributed by atoms with Crippen LogP contribution in [-0.4, -0.2) is 37.1 Å². The van der Waals surface area contributed by atoms with Gasteiger partial charge in [-0.2, -0.15) is 14.6 Å². The molecule has 0 aliphatic rings. The lowest BCUT2D eigenvalue weighted by molar-refractivity contribution is -0.121. The molecule has 1 amide bonds. The van der Waals surface area contributed by atoms with E-state index in [1.54, 1.807) is 18.3 Å². The smallest absolute Gasteiger partial charge is 0.371 e. The number of hydrogen-bond donors (Lipinski definition) is 3. The zero-order valence-corrected chi connectivity index (χ0v) is 12.9. The first-order valence-corrected chi connectivity index (χ1v) is 7.58. The molecule has 1 aromatic carbocycles. The van der Waals surface area contributed by atoms with Gasteiger partial charge in [0.05, 0.1) is 12.5 Å². The number of H-pyrrole nitrogens is 1. The first-order valence-electron chi connectivity index (χ1n) is 7.58. The molecule has 2 aromatic heterocycles. The summed E-state index contributed by atoms with van der Waals surface area (Å²) in [6, 6.07) is 6.89. The normalized spacial score (nSPS) is 10.8. The Balaban J connectivity index is 1.49. The van der Waals surface area contributed by atoms with Crippen molar-refractivity contribution in [2.45, 2.75) is 19.3 Å². The first kappa shape index (κ1) is 15.7. The van der Waals surface area contributed by atoms with Gasteiger partial charge in [0.1, 0.15) is 11.4 Å². The van der Waals surface area contributed by atoms with Crippen LogP contribution in [0.5, 0.6) is 5.75 Å². The molecule has 3 aromatic rings. The zero-order chi connectivity index (χ0) is 16.9. The topological polar surface area (TPSA) is 112 Å². The summed E-state index contributed by atoms with van der Waals surface area (Å²) in [5.41, 5.74) is 1.95. The van der Waals surface area contributed by atoms with Gasteiger partial charge in [0, 0.05) is 18.5 Å². The minimum atomic E-state index is -0.451.